The van der Waals surface area contributed by atoms with Gasteiger partial charge in [0.2, 0.25) is 0 Å². The van der Waals surface area contributed by atoms with Gasteiger partial charge in [-0.1, -0.05) is 12.2 Å². The van der Waals surface area contributed by atoms with Crippen LogP contribution in [0, 0.1) is 6.92 Å². The van der Waals surface area contributed by atoms with Crippen molar-refractivity contribution in [3.63, 3.8) is 0 Å². The molecule has 1 aliphatic rings. The molecule has 0 spiro atoms. The predicted molar refractivity (Wildman–Crippen MR) is 85.5 cm³/mol. The molecule has 0 amide bonds. The third kappa shape index (κ3) is 3.12. The number of thioether (sulfide) groups is 1. The molecule has 1 saturated heterocycles. The lowest BCUT2D eigenvalue weighted by Gasteiger charge is -2.40. The number of nitrogens with two attached hydrogens (primary N) is 1. The molecule has 0 bridgehead atoms. The molecular formula is C13H22N4S2. The minimum Gasteiger partial charge on any atom is -0.392 e. The molecule has 106 valence electrons. The van der Waals surface area contributed by atoms with Gasteiger partial charge in [0.05, 0.1) is 21.1 Å². The van der Waals surface area contributed by atoms with Gasteiger partial charge >= 0.3 is 0 Å². The maximum atomic E-state index is 5.92. The van der Waals surface area contributed by atoms with Gasteiger partial charge < -0.3 is 5.73 Å². The zero-order valence-electron chi connectivity index (χ0n) is 11.8. The van der Waals surface area contributed by atoms with E-state index in [0.717, 1.165) is 38.2 Å². The predicted octanol–water partition coefficient (Wildman–Crippen LogP) is 1.71. The summed E-state index contributed by atoms with van der Waals surface area (Å²) < 4.78 is 1.98. The van der Waals surface area contributed by atoms with Crippen molar-refractivity contribution in [1.82, 2.24) is 14.7 Å². The van der Waals surface area contributed by atoms with Gasteiger partial charge in [0.1, 0.15) is 0 Å². The number of nitrogens with zero attached hydrogens (tertiary/aromatic N) is 3. The SMILES string of the molecule is CSC1(C(N)=S)CCN(Cc2cc(C)nn2C)CC1. The summed E-state index contributed by atoms with van der Waals surface area (Å²) in [5.74, 6) is 0. The number of thiocarbonyl (C=S) groups is 1. The Balaban J connectivity index is 1.97. The Kier molecular flexibility index (Phi) is 4.53. The first-order valence-corrected chi connectivity index (χ1v) is 8.17. The standard InChI is InChI=1S/C13H22N4S2/c1-10-8-11(16(2)15-10)9-17-6-4-13(19-3,5-7-17)12(14)18/h8H,4-7,9H2,1-3H3,(H2,14,18). The Morgan fingerprint density at radius 2 is 2.16 bits per heavy atom. The van der Waals surface area contributed by atoms with Gasteiger partial charge in [-0.15, -0.1) is 0 Å². The Morgan fingerprint density at radius 1 is 1.53 bits per heavy atom. The van der Waals surface area contributed by atoms with Gasteiger partial charge in [-0.25, -0.2) is 0 Å². The van der Waals surface area contributed by atoms with E-state index in [-0.39, 0.29) is 4.75 Å². The minimum absolute atomic E-state index is 0.00814. The van der Waals surface area contributed by atoms with E-state index >= 15 is 0 Å². The van der Waals surface area contributed by atoms with Crippen LogP contribution < -0.4 is 5.73 Å². The van der Waals surface area contributed by atoms with Gasteiger partial charge in [-0.2, -0.15) is 16.9 Å². The van der Waals surface area contributed by atoms with Crippen molar-refractivity contribution in [1.29, 1.82) is 0 Å². The van der Waals surface area contributed by atoms with Gasteiger partial charge in [-0.05, 0) is 32.1 Å². The van der Waals surface area contributed by atoms with Crippen LogP contribution in [0.25, 0.3) is 0 Å². The molecule has 2 heterocycles. The largest absolute Gasteiger partial charge is 0.392 e. The van der Waals surface area contributed by atoms with E-state index in [4.69, 9.17) is 18.0 Å². The molecule has 1 aromatic heterocycles. The smallest absolute Gasteiger partial charge is 0.0891 e. The highest BCUT2D eigenvalue weighted by Gasteiger charge is 2.36. The van der Waals surface area contributed by atoms with Crippen LogP contribution in [0.5, 0.6) is 0 Å². The van der Waals surface area contributed by atoms with E-state index in [0.29, 0.717) is 4.99 Å². The minimum atomic E-state index is 0.00814. The fourth-order valence-corrected chi connectivity index (χ4v) is 3.91. The lowest BCUT2D eigenvalue weighted by molar-refractivity contribution is 0.208. The topological polar surface area (TPSA) is 47.1 Å². The second-order valence-corrected chi connectivity index (χ2v) is 6.87. The molecular weight excluding hydrogens is 276 g/mol. The Labute approximate surface area is 124 Å². The quantitative estimate of drug-likeness (QED) is 0.858. The van der Waals surface area contributed by atoms with Crippen molar-refractivity contribution in [3.8, 4) is 0 Å². The average Bonchev–Trinajstić information content (AvgIpc) is 2.69. The number of likely N-dealkylation sites (tertiary alicyclic amines) is 1. The van der Waals surface area contributed by atoms with Crippen LogP contribution in [0.1, 0.15) is 24.2 Å². The molecule has 2 N–H and O–H groups in total. The zero-order chi connectivity index (χ0) is 14.0. The Morgan fingerprint density at radius 3 is 2.58 bits per heavy atom. The highest BCUT2D eigenvalue weighted by Crippen LogP contribution is 2.35. The van der Waals surface area contributed by atoms with Crippen molar-refractivity contribution < 1.29 is 0 Å². The first-order chi connectivity index (χ1) is 8.97. The van der Waals surface area contributed by atoms with E-state index in [1.807, 2.05) is 18.7 Å². The van der Waals surface area contributed by atoms with Gasteiger partial charge in [0.25, 0.3) is 0 Å². The van der Waals surface area contributed by atoms with Gasteiger partial charge in [-0.3, -0.25) is 9.58 Å². The van der Waals surface area contributed by atoms with Crippen molar-refractivity contribution >= 4 is 29.0 Å². The van der Waals surface area contributed by atoms with E-state index in [2.05, 4.69) is 22.3 Å². The molecule has 0 unspecified atom stereocenters. The van der Waals surface area contributed by atoms with Gasteiger partial charge in [0.15, 0.2) is 0 Å². The molecule has 0 aromatic carbocycles. The summed E-state index contributed by atoms with van der Waals surface area (Å²) in [5, 5.41) is 4.39. The zero-order valence-corrected chi connectivity index (χ0v) is 13.5. The lowest BCUT2D eigenvalue weighted by atomic mass is 9.95. The summed E-state index contributed by atoms with van der Waals surface area (Å²) in [6.45, 7) is 5.08. The van der Waals surface area contributed by atoms with Crippen LogP contribution in [0.4, 0.5) is 0 Å². The number of rotatable bonds is 4. The molecule has 0 radical (unpaired) electrons. The average molecular weight is 298 g/mol. The first-order valence-electron chi connectivity index (χ1n) is 6.54. The number of hydrogen-bond donors (Lipinski definition) is 1. The monoisotopic (exact) mass is 298 g/mol. The summed E-state index contributed by atoms with van der Waals surface area (Å²) in [6, 6.07) is 2.16. The molecule has 0 atom stereocenters. The van der Waals surface area contributed by atoms with E-state index < -0.39 is 0 Å². The van der Waals surface area contributed by atoms with Crippen molar-refractivity contribution in [2.75, 3.05) is 19.3 Å². The van der Waals surface area contributed by atoms with Crippen LogP contribution in [-0.4, -0.2) is 43.8 Å². The molecule has 4 nitrogen and oxygen atoms in total. The maximum Gasteiger partial charge on any atom is 0.0891 e. The second kappa shape index (κ2) is 5.81. The number of aromatic nitrogens is 2. The number of aryl methyl sites for hydroxylation is 2. The van der Waals surface area contributed by atoms with Crippen molar-refractivity contribution in [3.05, 3.63) is 17.5 Å². The van der Waals surface area contributed by atoms with Crippen molar-refractivity contribution in [2.24, 2.45) is 12.8 Å². The van der Waals surface area contributed by atoms with Crippen LogP contribution in [0.3, 0.4) is 0 Å². The third-order valence-corrected chi connectivity index (χ3v) is 5.92. The first kappa shape index (κ1) is 14.8. The third-order valence-electron chi connectivity index (χ3n) is 3.99. The van der Waals surface area contributed by atoms with Crippen LogP contribution in [0.15, 0.2) is 6.07 Å². The fourth-order valence-electron chi connectivity index (χ4n) is 2.66. The Bertz CT molecular complexity index is 461. The molecule has 1 aromatic rings. The summed E-state index contributed by atoms with van der Waals surface area (Å²) >= 11 is 7.05. The highest BCUT2D eigenvalue weighted by atomic mass is 32.2. The lowest BCUT2D eigenvalue weighted by Crippen LogP contribution is -2.49. The molecule has 0 aliphatic carbocycles. The summed E-state index contributed by atoms with van der Waals surface area (Å²) in [6.07, 6.45) is 4.19. The van der Waals surface area contributed by atoms with Crippen LogP contribution in [0.2, 0.25) is 0 Å². The maximum absolute atomic E-state index is 5.92. The highest BCUT2D eigenvalue weighted by molar-refractivity contribution is 8.02. The summed E-state index contributed by atoms with van der Waals surface area (Å²) in [7, 11) is 2.01. The van der Waals surface area contributed by atoms with Crippen LogP contribution >= 0.6 is 24.0 Å². The molecule has 1 fully saturated rings. The van der Waals surface area contributed by atoms with Crippen LogP contribution in [-0.2, 0) is 13.6 Å². The normalized spacial score (nSPS) is 19.5. The second-order valence-electron chi connectivity index (χ2n) is 5.24. The Hall–Kier alpha value is -0.590. The molecule has 19 heavy (non-hydrogen) atoms. The fraction of sp³-hybridized carbons (Fsp3) is 0.692. The molecule has 6 heteroatoms. The van der Waals surface area contributed by atoms with Gasteiger partial charge in [0, 0.05) is 26.7 Å². The number of hydrogen-bond acceptors (Lipinski definition) is 4. The van der Waals surface area contributed by atoms with E-state index in [1.54, 1.807) is 11.8 Å². The van der Waals surface area contributed by atoms with Crippen molar-refractivity contribution in [2.45, 2.75) is 31.1 Å². The molecule has 0 saturated carbocycles. The molecule has 1 aliphatic heterocycles. The van der Waals surface area contributed by atoms with E-state index in [1.165, 1.54) is 5.69 Å². The number of piperidine rings is 1. The molecule has 2 rings (SSSR count). The summed E-state index contributed by atoms with van der Waals surface area (Å²) in [4.78, 5) is 3.12. The van der Waals surface area contributed by atoms with E-state index in [9.17, 15) is 0 Å². The summed E-state index contributed by atoms with van der Waals surface area (Å²) in [5.41, 5.74) is 8.26.